The molecule has 0 spiro atoms. The summed E-state index contributed by atoms with van der Waals surface area (Å²) in [4.78, 5) is 17.4. The van der Waals surface area contributed by atoms with Crippen LogP contribution in [0.1, 0.15) is 53.5 Å². The fourth-order valence-electron chi connectivity index (χ4n) is 4.06. The smallest absolute Gasteiger partial charge is 0.255 e. The van der Waals surface area contributed by atoms with Crippen molar-refractivity contribution in [2.75, 3.05) is 13.7 Å². The predicted octanol–water partition coefficient (Wildman–Crippen LogP) is 5.58. The number of fused-ring (bicyclic) bond motifs is 1. The van der Waals surface area contributed by atoms with E-state index in [0.717, 1.165) is 36.2 Å². The standard InChI is InChI=1S/C28H31N3O2/c1-20(2)22-16-14-21(15-17-22)19-31-25-11-6-5-10-24(25)30-27(31)13-8-18-29-28(32)23-9-4-7-12-26(23)33-3/h4-7,9-12,14-17,20H,8,13,18-19H2,1-3H3,(H,29,32). The number of aromatic nitrogens is 2. The van der Waals surface area contributed by atoms with Crippen LogP contribution in [0.15, 0.2) is 72.8 Å². The van der Waals surface area contributed by atoms with Crippen LogP contribution in [0.4, 0.5) is 0 Å². The van der Waals surface area contributed by atoms with E-state index in [9.17, 15) is 4.79 Å². The highest BCUT2D eigenvalue weighted by Crippen LogP contribution is 2.21. The number of benzene rings is 3. The Morgan fingerprint density at radius 3 is 2.48 bits per heavy atom. The summed E-state index contributed by atoms with van der Waals surface area (Å²) in [7, 11) is 1.58. The molecule has 0 aliphatic carbocycles. The molecule has 3 aromatic carbocycles. The van der Waals surface area contributed by atoms with Crippen molar-refractivity contribution in [1.82, 2.24) is 14.9 Å². The van der Waals surface area contributed by atoms with Gasteiger partial charge >= 0.3 is 0 Å². The molecule has 0 bridgehead atoms. The second-order valence-corrected chi connectivity index (χ2v) is 8.56. The summed E-state index contributed by atoms with van der Waals surface area (Å²) in [6, 6.07) is 24.4. The molecule has 0 aliphatic rings. The van der Waals surface area contributed by atoms with E-state index in [1.807, 2.05) is 18.2 Å². The van der Waals surface area contributed by atoms with Crippen LogP contribution in [0, 0.1) is 0 Å². The molecule has 1 heterocycles. The lowest BCUT2D eigenvalue weighted by Crippen LogP contribution is -2.25. The van der Waals surface area contributed by atoms with Crippen molar-refractivity contribution < 1.29 is 9.53 Å². The zero-order valence-electron chi connectivity index (χ0n) is 19.5. The molecular weight excluding hydrogens is 410 g/mol. The van der Waals surface area contributed by atoms with Gasteiger partial charge in [0.1, 0.15) is 11.6 Å². The van der Waals surface area contributed by atoms with Crippen molar-refractivity contribution >= 4 is 16.9 Å². The molecule has 170 valence electrons. The third-order valence-electron chi connectivity index (χ3n) is 5.93. The second-order valence-electron chi connectivity index (χ2n) is 8.56. The third-order valence-corrected chi connectivity index (χ3v) is 5.93. The molecule has 5 heteroatoms. The van der Waals surface area contributed by atoms with Crippen LogP contribution < -0.4 is 10.1 Å². The Bertz CT molecular complexity index is 1230. The quantitative estimate of drug-likeness (QED) is 0.345. The Hall–Kier alpha value is -3.60. The fourth-order valence-corrected chi connectivity index (χ4v) is 4.06. The molecule has 1 aromatic heterocycles. The van der Waals surface area contributed by atoms with E-state index in [-0.39, 0.29) is 5.91 Å². The third kappa shape index (κ3) is 5.25. The Kier molecular flexibility index (Phi) is 7.08. The van der Waals surface area contributed by atoms with Crippen molar-refractivity contribution in [3.63, 3.8) is 0 Å². The number of carbonyl (C=O) groups excluding carboxylic acids is 1. The molecule has 33 heavy (non-hydrogen) atoms. The van der Waals surface area contributed by atoms with E-state index >= 15 is 0 Å². The van der Waals surface area contributed by atoms with E-state index in [1.54, 1.807) is 19.2 Å². The molecule has 1 N–H and O–H groups in total. The van der Waals surface area contributed by atoms with Gasteiger partial charge in [0.05, 0.1) is 23.7 Å². The van der Waals surface area contributed by atoms with Gasteiger partial charge in [-0.15, -0.1) is 0 Å². The van der Waals surface area contributed by atoms with Gasteiger partial charge in [0.15, 0.2) is 0 Å². The monoisotopic (exact) mass is 441 g/mol. The van der Waals surface area contributed by atoms with E-state index < -0.39 is 0 Å². The highest BCUT2D eigenvalue weighted by molar-refractivity contribution is 5.96. The number of amides is 1. The first-order valence-corrected chi connectivity index (χ1v) is 11.5. The van der Waals surface area contributed by atoms with Gasteiger partial charge < -0.3 is 14.6 Å². The minimum absolute atomic E-state index is 0.119. The van der Waals surface area contributed by atoms with Crippen LogP contribution in [0.3, 0.4) is 0 Å². The van der Waals surface area contributed by atoms with Crippen LogP contribution >= 0.6 is 0 Å². The van der Waals surface area contributed by atoms with Gasteiger partial charge in [-0.25, -0.2) is 4.98 Å². The maximum Gasteiger partial charge on any atom is 0.255 e. The summed E-state index contributed by atoms with van der Waals surface area (Å²) < 4.78 is 7.59. The molecule has 0 aliphatic heterocycles. The molecular formula is C28H31N3O2. The Labute approximate surface area is 195 Å². The molecule has 4 rings (SSSR count). The van der Waals surface area contributed by atoms with Gasteiger partial charge in [-0.2, -0.15) is 0 Å². The van der Waals surface area contributed by atoms with Gasteiger partial charge in [-0.3, -0.25) is 4.79 Å². The zero-order chi connectivity index (χ0) is 23.2. The summed E-state index contributed by atoms with van der Waals surface area (Å²) in [5, 5.41) is 3.01. The molecule has 0 radical (unpaired) electrons. The molecule has 1 amide bonds. The summed E-state index contributed by atoms with van der Waals surface area (Å²) in [6.45, 7) is 5.78. The minimum Gasteiger partial charge on any atom is -0.496 e. The molecule has 0 saturated carbocycles. The number of para-hydroxylation sites is 3. The van der Waals surface area contributed by atoms with E-state index in [0.29, 0.717) is 23.8 Å². The number of hydrogen-bond donors (Lipinski definition) is 1. The number of ether oxygens (including phenoxy) is 1. The average Bonchev–Trinajstić information content (AvgIpc) is 3.19. The highest BCUT2D eigenvalue weighted by atomic mass is 16.5. The number of rotatable bonds is 9. The lowest BCUT2D eigenvalue weighted by atomic mass is 10.0. The summed E-state index contributed by atoms with van der Waals surface area (Å²) in [5.41, 5.74) is 5.30. The number of imidazole rings is 1. The van der Waals surface area contributed by atoms with Gasteiger partial charge in [-0.05, 0) is 47.7 Å². The first-order valence-electron chi connectivity index (χ1n) is 11.5. The molecule has 0 fully saturated rings. The number of aryl methyl sites for hydroxylation is 1. The number of nitrogens with zero attached hydrogens (tertiary/aromatic N) is 2. The minimum atomic E-state index is -0.119. The summed E-state index contributed by atoms with van der Waals surface area (Å²) >= 11 is 0. The number of carbonyl (C=O) groups is 1. The summed E-state index contributed by atoms with van der Waals surface area (Å²) in [6.07, 6.45) is 1.58. The molecule has 0 saturated heterocycles. The van der Waals surface area contributed by atoms with Crippen molar-refractivity contribution in [1.29, 1.82) is 0 Å². The number of methoxy groups -OCH3 is 1. The lowest BCUT2D eigenvalue weighted by Gasteiger charge is -2.12. The first-order chi connectivity index (χ1) is 16.1. The van der Waals surface area contributed by atoms with Crippen LogP contribution in [0.2, 0.25) is 0 Å². The molecule has 0 unspecified atom stereocenters. The SMILES string of the molecule is COc1ccccc1C(=O)NCCCc1nc2ccccc2n1Cc1ccc(C(C)C)cc1. The topological polar surface area (TPSA) is 56.1 Å². The van der Waals surface area contributed by atoms with Gasteiger partial charge in [0.2, 0.25) is 0 Å². The maximum absolute atomic E-state index is 12.5. The molecule has 5 nitrogen and oxygen atoms in total. The predicted molar refractivity (Wildman–Crippen MR) is 133 cm³/mol. The Morgan fingerprint density at radius 1 is 1.00 bits per heavy atom. The summed E-state index contributed by atoms with van der Waals surface area (Å²) in [5.74, 6) is 2.02. The second kappa shape index (κ2) is 10.3. The largest absolute Gasteiger partial charge is 0.496 e. The van der Waals surface area contributed by atoms with Crippen molar-refractivity contribution in [2.45, 2.75) is 39.2 Å². The van der Waals surface area contributed by atoms with Crippen LogP contribution in [-0.2, 0) is 13.0 Å². The van der Waals surface area contributed by atoms with Crippen molar-refractivity contribution in [2.24, 2.45) is 0 Å². The number of hydrogen-bond acceptors (Lipinski definition) is 3. The molecule has 0 atom stereocenters. The van der Waals surface area contributed by atoms with Gasteiger partial charge in [0, 0.05) is 19.5 Å². The van der Waals surface area contributed by atoms with E-state index in [1.165, 1.54) is 11.1 Å². The van der Waals surface area contributed by atoms with Crippen LogP contribution in [-0.4, -0.2) is 29.1 Å². The highest BCUT2D eigenvalue weighted by Gasteiger charge is 2.13. The van der Waals surface area contributed by atoms with Gasteiger partial charge in [-0.1, -0.05) is 62.4 Å². The van der Waals surface area contributed by atoms with E-state index in [2.05, 4.69) is 66.2 Å². The fraction of sp³-hybridized carbons (Fsp3) is 0.286. The Balaban J connectivity index is 1.45. The lowest BCUT2D eigenvalue weighted by molar-refractivity contribution is 0.0950. The van der Waals surface area contributed by atoms with Gasteiger partial charge in [0.25, 0.3) is 5.91 Å². The van der Waals surface area contributed by atoms with Crippen LogP contribution in [0.25, 0.3) is 11.0 Å². The first kappa shape index (κ1) is 22.6. The maximum atomic E-state index is 12.5. The van der Waals surface area contributed by atoms with Crippen molar-refractivity contribution in [3.05, 3.63) is 95.3 Å². The number of nitrogens with one attached hydrogen (secondary N) is 1. The normalized spacial score (nSPS) is 11.2. The zero-order valence-corrected chi connectivity index (χ0v) is 19.5. The van der Waals surface area contributed by atoms with Crippen LogP contribution in [0.5, 0.6) is 5.75 Å². The van der Waals surface area contributed by atoms with E-state index in [4.69, 9.17) is 9.72 Å². The Morgan fingerprint density at radius 2 is 1.73 bits per heavy atom. The average molecular weight is 442 g/mol. The van der Waals surface area contributed by atoms with Crippen molar-refractivity contribution in [3.8, 4) is 5.75 Å². The molecule has 4 aromatic rings.